The number of furan rings is 1. The monoisotopic (exact) mass is 669 g/mol. The minimum absolute atomic E-state index is 0.0495. The summed E-state index contributed by atoms with van der Waals surface area (Å²) in [5.41, 5.74) is 5.94. The zero-order valence-corrected chi connectivity index (χ0v) is 27.6. The number of benzene rings is 2. The summed E-state index contributed by atoms with van der Waals surface area (Å²) in [7, 11) is 5.40. The van der Waals surface area contributed by atoms with Gasteiger partial charge in [-0.05, 0) is 54.8 Å². The van der Waals surface area contributed by atoms with Gasteiger partial charge in [-0.25, -0.2) is 19.6 Å². The number of amides is 4. The number of aryl methyl sites for hydroxylation is 3. The second-order valence-electron chi connectivity index (χ2n) is 11.8. The number of rotatable bonds is 6. The molecule has 7 rings (SSSR count). The molecule has 1 saturated heterocycles. The number of carbonyl (C=O) groups excluding carboxylic acids is 3. The van der Waals surface area contributed by atoms with Gasteiger partial charge < -0.3 is 14.6 Å². The van der Waals surface area contributed by atoms with Crippen LogP contribution in [0.4, 0.5) is 21.9 Å². The molecular weight excluding hydrogens is 638 g/mol. The topological polar surface area (TPSA) is 160 Å². The van der Waals surface area contributed by atoms with Crippen LogP contribution in [-0.2, 0) is 18.9 Å². The van der Waals surface area contributed by atoms with Crippen molar-refractivity contribution >= 4 is 56.9 Å². The van der Waals surface area contributed by atoms with Crippen LogP contribution in [0, 0.1) is 18.8 Å². The molecule has 0 radical (unpaired) electrons. The molecule has 0 bridgehead atoms. The number of aromatic nitrogens is 5. The molecule has 2 aromatic carbocycles. The second kappa shape index (κ2) is 12.7. The van der Waals surface area contributed by atoms with E-state index in [1.807, 2.05) is 30.1 Å². The molecule has 1 fully saturated rings. The summed E-state index contributed by atoms with van der Waals surface area (Å²) in [6.07, 6.45) is 5.18. The van der Waals surface area contributed by atoms with Gasteiger partial charge in [-0.1, -0.05) is 12.0 Å². The van der Waals surface area contributed by atoms with Crippen LogP contribution in [0.15, 0.2) is 76.3 Å². The Kier molecular flexibility index (Phi) is 8.08. The molecule has 0 atom stereocenters. The quantitative estimate of drug-likeness (QED) is 0.252. The number of fused-ring (bicyclic) bond motifs is 2. The number of hydrogen-bond acceptors (Lipinski definition) is 9. The van der Waals surface area contributed by atoms with E-state index in [2.05, 4.69) is 37.4 Å². The number of nitrogens with one attached hydrogen (secondary N) is 2. The van der Waals surface area contributed by atoms with Gasteiger partial charge in [0.05, 0.1) is 41.3 Å². The second-order valence-corrected chi connectivity index (χ2v) is 11.8. The van der Waals surface area contributed by atoms with Crippen LogP contribution in [0.2, 0.25) is 0 Å². The lowest BCUT2D eigenvalue weighted by Gasteiger charge is -2.26. The number of imide groups is 1. The molecule has 1 aliphatic heterocycles. The van der Waals surface area contributed by atoms with Gasteiger partial charge >= 0.3 is 11.7 Å². The number of imidazole rings is 1. The molecular formula is C36H31N9O5. The van der Waals surface area contributed by atoms with Gasteiger partial charge in [0, 0.05) is 63.0 Å². The van der Waals surface area contributed by atoms with E-state index in [4.69, 9.17) is 4.42 Å². The van der Waals surface area contributed by atoms with Gasteiger partial charge in [-0.15, -0.1) is 0 Å². The smallest absolute Gasteiger partial charge is 0.328 e. The lowest BCUT2D eigenvalue weighted by molar-refractivity contribution is -0.120. The van der Waals surface area contributed by atoms with Crippen molar-refractivity contribution in [1.82, 2.24) is 34.7 Å². The molecule has 14 heteroatoms. The SMILES string of the molecule is Cc1cc(-c2ncc(N(C)c3ccc4c(c3)n(C)c(=O)n4C)cn2)cnc1C(=O)NCC#Cc1cc2c(N3CCC(=O)NC3=O)cccc2o1. The molecule has 0 spiro atoms. The van der Waals surface area contributed by atoms with E-state index < -0.39 is 6.03 Å². The molecule has 0 aliphatic carbocycles. The highest BCUT2D eigenvalue weighted by Gasteiger charge is 2.26. The first-order valence-electron chi connectivity index (χ1n) is 15.7. The van der Waals surface area contributed by atoms with E-state index in [0.717, 1.165) is 22.4 Å². The third kappa shape index (κ3) is 5.81. The first-order chi connectivity index (χ1) is 24.1. The number of pyridine rings is 1. The summed E-state index contributed by atoms with van der Waals surface area (Å²) in [6, 6.07) is 14.2. The summed E-state index contributed by atoms with van der Waals surface area (Å²) in [6.45, 7) is 2.11. The average molecular weight is 670 g/mol. The first kappa shape index (κ1) is 31.8. The molecule has 0 unspecified atom stereocenters. The van der Waals surface area contributed by atoms with Crippen molar-refractivity contribution in [3.63, 3.8) is 0 Å². The Morgan fingerprint density at radius 1 is 0.980 bits per heavy atom. The van der Waals surface area contributed by atoms with E-state index in [1.165, 1.54) is 4.90 Å². The van der Waals surface area contributed by atoms with Crippen LogP contribution in [0.1, 0.15) is 28.2 Å². The van der Waals surface area contributed by atoms with Crippen LogP contribution >= 0.6 is 0 Å². The summed E-state index contributed by atoms with van der Waals surface area (Å²) in [5.74, 6) is 5.94. The fourth-order valence-electron chi connectivity index (χ4n) is 5.91. The van der Waals surface area contributed by atoms with Crippen molar-refractivity contribution in [3.8, 4) is 23.2 Å². The predicted octanol–water partition coefficient (Wildman–Crippen LogP) is 3.78. The van der Waals surface area contributed by atoms with E-state index in [9.17, 15) is 19.2 Å². The van der Waals surface area contributed by atoms with Crippen molar-refractivity contribution in [2.45, 2.75) is 13.3 Å². The zero-order chi connectivity index (χ0) is 35.1. The molecule has 14 nitrogen and oxygen atoms in total. The van der Waals surface area contributed by atoms with Crippen LogP contribution < -0.4 is 26.1 Å². The average Bonchev–Trinajstić information content (AvgIpc) is 3.64. The van der Waals surface area contributed by atoms with Gasteiger partial charge in [-0.2, -0.15) is 0 Å². The molecule has 50 heavy (non-hydrogen) atoms. The minimum atomic E-state index is -0.482. The summed E-state index contributed by atoms with van der Waals surface area (Å²) in [4.78, 5) is 66.1. The van der Waals surface area contributed by atoms with E-state index >= 15 is 0 Å². The third-order valence-corrected chi connectivity index (χ3v) is 8.65. The van der Waals surface area contributed by atoms with Crippen molar-refractivity contribution in [2.24, 2.45) is 14.1 Å². The van der Waals surface area contributed by atoms with Gasteiger partial charge in [0.25, 0.3) is 5.91 Å². The molecule has 0 saturated carbocycles. The maximum atomic E-state index is 12.9. The van der Waals surface area contributed by atoms with Gasteiger partial charge in [0.15, 0.2) is 11.6 Å². The van der Waals surface area contributed by atoms with Crippen LogP contribution in [0.5, 0.6) is 0 Å². The number of anilines is 3. The molecule has 1 aliphatic rings. The van der Waals surface area contributed by atoms with Gasteiger partial charge in [-0.3, -0.25) is 33.9 Å². The number of urea groups is 1. The Bertz CT molecular complexity index is 2470. The molecule has 2 N–H and O–H groups in total. The van der Waals surface area contributed by atoms with E-state index in [-0.39, 0.29) is 42.7 Å². The highest BCUT2D eigenvalue weighted by Crippen LogP contribution is 2.31. The Morgan fingerprint density at radius 2 is 1.76 bits per heavy atom. The molecule has 6 aromatic rings. The number of hydrogen-bond donors (Lipinski definition) is 2. The number of carbonyl (C=O) groups is 3. The third-order valence-electron chi connectivity index (χ3n) is 8.65. The summed E-state index contributed by atoms with van der Waals surface area (Å²) >= 11 is 0. The fourth-order valence-corrected chi connectivity index (χ4v) is 5.91. The Labute approximate surface area is 285 Å². The first-order valence-corrected chi connectivity index (χ1v) is 15.7. The highest BCUT2D eigenvalue weighted by molar-refractivity contribution is 6.09. The predicted molar refractivity (Wildman–Crippen MR) is 187 cm³/mol. The van der Waals surface area contributed by atoms with Crippen LogP contribution in [0.25, 0.3) is 33.4 Å². The number of nitrogens with zero attached hydrogens (tertiary/aromatic N) is 7. The molecule has 250 valence electrons. The maximum absolute atomic E-state index is 12.9. The van der Waals surface area contributed by atoms with Gasteiger partial charge in [0.1, 0.15) is 11.3 Å². The summed E-state index contributed by atoms with van der Waals surface area (Å²) < 4.78 is 9.07. The highest BCUT2D eigenvalue weighted by atomic mass is 16.3. The lowest BCUT2D eigenvalue weighted by atomic mass is 10.1. The van der Waals surface area contributed by atoms with E-state index in [1.54, 1.807) is 79.1 Å². The fraction of sp³-hybridized carbons (Fsp3) is 0.194. The van der Waals surface area contributed by atoms with Crippen molar-refractivity contribution in [1.29, 1.82) is 0 Å². The Hall–Kier alpha value is -6.75. The van der Waals surface area contributed by atoms with Gasteiger partial charge in [0.2, 0.25) is 5.91 Å². The molecule has 4 aromatic heterocycles. The van der Waals surface area contributed by atoms with Crippen molar-refractivity contribution in [2.75, 3.05) is 29.9 Å². The van der Waals surface area contributed by atoms with Crippen molar-refractivity contribution < 1.29 is 18.8 Å². The summed E-state index contributed by atoms with van der Waals surface area (Å²) in [5, 5.41) is 5.78. The van der Waals surface area contributed by atoms with Crippen molar-refractivity contribution in [3.05, 3.63) is 94.6 Å². The molecule has 5 heterocycles. The maximum Gasteiger partial charge on any atom is 0.328 e. The molecule has 4 amide bonds. The Balaban J connectivity index is 0.995. The van der Waals surface area contributed by atoms with Crippen LogP contribution in [-0.4, -0.2) is 62.1 Å². The van der Waals surface area contributed by atoms with E-state index in [0.29, 0.717) is 39.4 Å². The lowest BCUT2D eigenvalue weighted by Crippen LogP contribution is -2.49. The Morgan fingerprint density at radius 3 is 2.52 bits per heavy atom. The normalized spacial score (nSPS) is 12.9. The standard InChI is InChI=1S/C36H31N9O5/c1-21-15-22(33-39-19-24(20-40-33)42(2)23-10-11-28-29(16-23)44(4)36(49)43(28)3)18-38-32(21)34(47)37-13-6-7-25-17-26-27(8-5-9-30(26)50-25)45-14-12-31(46)41-35(45)48/h5,8-11,15-20H,12-14H2,1-4H3,(H,37,47)(H,41,46,48). The minimum Gasteiger partial charge on any atom is -0.448 e. The largest absolute Gasteiger partial charge is 0.448 e. The zero-order valence-electron chi connectivity index (χ0n) is 27.6. The van der Waals surface area contributed by atoms with Crippen LogP contribution in [0.3, 0.4) is 0 Å².